The zero-order chi connectivity index (χ0) is 13.4. The van der Waals surface area contributed by atoms with Crippen LogP contribution in [0.4, 0.5) is 0 Å². The molecule has 4 N–H and O–H groups in total. The van der Waals surface area contributed by atoms with Gasteiger partial charge < -0.3 is 20.9 Å². The number of carbonyl (C=O) groups is 1. The van der Waals surface area contributed by atoms with E-state index in [0.717, 1.165) is 5.56 Å². The number of hydrogen-bond donors (Lipinski definition) is 3. The highest BCUT2D eigenvalue weighted by molar-refractivity contribution is 5.83. The van der Waals surface area contributed by atoms with Crippen molar-refractivity contribution in [1.29, 1.82) is 0 Å². The molecule has 0 aliphatic heterocycles. The second kappa shape index (κ2) is 7.81. The van der Waals surface area contributed by atoms with Crippen LogP contribution in [0, 0.1) is 0 Å². The summed E-state index contributed by atoms with van der Waals surface area (Å²) >= 11 is 0. The first-order chi connectivity index (χ1) is 8.69. The van der Waals surface area contributed by atoms with Crippen molar-refractivity contribution in [2.45, 2.75) is 18.5 Å². The number of ether oxygens (including phenoxy) is 1. The minimum absolute atomic E-state index is 0.00508. The lowest BCUT2D eigenvalue weighted by Gasteiger charge is -2.19. The molecule has 1 unspecified atom stereocenters. The number of amides is 1. The average Bonchev–Trinajstić information content (AvgIpc) is 2.39. The largest absolute Gasteiger partial charge is 0.396 e. The summed E-state index contributed by atoms with van der Waals surface area (Å²) in [6.45, 7) is 0.350. The van der Waals surface area contributed by atoms with Crippen molar-refractivity contribution < 1.29 is 14.6 Å². The molecule has 0 saturated carbocycles. The van der Waals surface area contributed by atoms with E-state index in [1.165, 1.54) is 0 Å². The molecule has 0 saturated heterocycles. The van der Waals surface area contributed by atoms with E-state index in [4.69, 9.17) is 15.6 Å². The normalized spacial score (nSPS) is 13.9. The fourth-order valence-corrected chi connectivity index (χ4v) is 1.66. The van der Waals surface area contributed by atoms with Crippen LogP contribution in [-0.2, 0) is 9.53 Å². The van der Waals surface area contributed by atoms with E-state index >= 15 is 0 Å². The lowest BCUT2D eigenvalue weighted by atomic mass is 10.1. The molecule has 0 heterocycles. The van der Waals surface area contributed by atoms with Crippen LogP contribution in [0.25, 0.3) is 0 Å². The molecule has 0 radical (unpaired) electrons. The summed E-state index contributed by atoms with van der Waals surface area (Å²) in [5.74, 6) is -0.267. The number of hydrogen-bond acceptors (Lipinski definition) is 4. The molecule has 2 atom stereocenters. The Kier molecular flexibility index (Phi) is 6.35. The highest BCUT2D eigenvalue weighted by Gasteiger charge is 2.19. The van der Waals surface area contributed by atoms with Crippen molar-refractivity contribution in [3.8, 4) is 0 Å². The standard InChI is InChI=1S/C13H20N2O3/c1-18-9-11(7-8-16)15-13(17)12(14)10-5-3-2-4-6-10/h2-6,11-12,16H,7-9,14H2,1H3,(H,15,17)/t11?,12-/m1/s1. The van der Waals surface area contributed by atoms with E-state index in [1.54, 1.807) is 7.11 Å². The van der Waals surface area contributed by atoms with Gasteiger partial charge in [0.25, 0.3) is 0 Å². The maximum absolute atomic E-state index is 11.9. The van der Waals surface area contributed by atoms with Crippen LogP contribution in [0.3, 0.4) is 0 Å². The quantitative estimate of drug-likeness (QED) is 0.647. The highest BCUT2D eigenvalue weighted by Crippen LogP contribution is 2.09. The Balaban J connectivity index is 2.58. The number of methoxy groups -OCH3 is 1. The Labute approximate surface area is 107 Å². The molecule has 0 bridgehead atoms. The molecule has 1 amide bonds. The summed E-state index contributed by atoms with van der Waals surface area (Å²) in [5, 5.41) is 11.7. The van der Waals surface area contributed by atoms with Gasteiger partial charge >= 0.3 is 0 Å². The van der Waals surface area contributed by atoms with Gasteiger partial charge in [-0.2, -0.15) is 0 Å². The zero-order valence-electron chi connectivity index (χ0n) is 10.5. The molecule has 5 heteroatoms. The Bertz CT molecular complexity index is 351. The molecule has 0 spiro atoms. The van der Waals surface area contributed by atoms with Crippen LogP contribution < -0.4 is 11.1 Å². The summed E-state index contributed by atoms with van der Waals surface area (Å²) in [7, 11) is 1.55. The summed E-state index contributed by atoms with van der Waals surface area (Å²) in [6, 6.07) is 8.23. The van der Waals surface area contributed by atoms with Crippen molar-refractivity contribution in [2.24, 2.45) is 5.73 Å². The highest BCUT2D eigenvalue weighted by atomic mass is 16.5. The third kappa shape index (κ3) is 4.44. The van der Waals surface area contributed by atoms with Gasteiger partial charge in [0, 0.05) is 13.7 Å². The second-order valence-electron chi connectivity index (χ2n) is 4.06. The Morgan fingerprint density at radius 1 is 1.44 bits per heavy atom. The fourth-order valence-electron chi connectivity index (χ4n) is 1.66. The molecule has 18 heavy (non-hydrogen) atoms. The smallest absolute Gasteiger partial charge is 0.241 e. The number of nitrogens with two attached hydrogens (primary N) is 1. The molecule has 1 rings (SSSR count). The predicted octanol–water partition coefficient (Wildman–Crippen LogP) is 0.200. The number of nitrogens with one attached hydrogen (secondary N) is 1. The maximum Gasteiger partial charge on any atom is 0.241 e. The van der Waals surface area contributed by atoms with E-state index < -0.39 is 6.04 Å². The first kappa shape index (κ1) is 14.6. The van der Waals surface area contributed by atoms with Gasteiger partial charge in [0.2, 0.25) is 5.91 Å². The molecule has 100 valence electrons. The minimum Gasteiger partial charge on any atom is -0.396 e. The van der Waals surface area contributed by atoms with Crippen molar-refractivity contribution >= 4 is 5.91 Å². The first-order valence-corrected chi connectivity index (χ1v) is 5.89. The summed E-state index contributed by atoms with van der Waals surface area (Å²) in [5.41, 5.74) is 6.62. The molecular weight excluding hydrogens is 232 g/mol. The number of aliphatic hydroxyl groups is 1. The SMILES string of the molecule is COCC(CCO)NC(=O)[C@H](N)c1ccccc1. The number of rotatable bonds is 7. The van der Waals surface area contributed by atoms with Gasteiger partial charge in [-0.05, 0) is 12.0 Å². The molecule has 1 aromatic rings. The van der Waals surface area contributed by atoms with E-state index in [0.29, 0.717) is 13.0 Å². The van der Waals surface area contributed by atoms with Gasteiger partial charge in [0.1, 0.15) is 6.04 Å². The minimum atomic E-state index is -0.704. The van der Waals surface area contributed by atoms with E-state index in [9.17, 15) is 4.79 Å². The van der Waals surface area contributed by atoms with Crippen molar-refractivity contribution in [3.63, 3.8) is 0 Å². The van der Waals surface area contributed by atoms with Crippen LogP contribution >= 0.6 is 0 Å². The molecule has 0 aliphatic carbocycles. The third-order valence-corrected chi connectivity index (χ3v) is 2.63. The van der Waals surface area contributed by atoms with Gasteiger partial charge in [-0.15, -0.1) is 0 Å². The number of benzene rings is 1. The average molecular weight is 252 g/mol. The Morgan fingerprint density at radius 2 is 2.11 bits per heavy atom. The van der Waals surface area contributed by atoms with Gasteiger partial charge in [-0.1, -0.05) is 30.3 Å². The van der Waals surface area contributed by atoms with Crippen LogP contribution in [0.2, 0.25) is 0 Å². The molecule has 5 nitrogen and oxygen atoms in total. The number of aliphatic hydroxyl groups excluding tert-OH is 1. The van der Waals surface area contributed by atoms with Crippen molar-refractivity contribution in [3.05, 3.63) is 35.9 Å². The third-order valence-electron chi connectivity index (χ3n) is 2.63. The van der Waals surface area contributed by atoms with E-state index in [2.05, 4.69) is 5.32 Å². The van der Waals surface area contributed by atoms with Crippen molar-refractivity contribution in [2.75, 3.05) is 20.3 Å². The molecular formula is C13H20N2O3. The zero-order valence-corrected chi connectivity index (χ0v) is 10.5. The monoisotopic (exact) mass is 252 g/mol. The van der Waals surface area contributed by atoms with Crippen LogP contribution in [0.1, 0.15) is 18.0 Å². The predicted molar refractivity (Wildman–Crippen MR) is 68.9 cm³/mol. The fraction of sp³-hybridized carbons (Fsp3) is 0.462. The molecule has 0 aliphatic rings. The van der Waals surface area contributed by atoms with Crippen LogP contribution in [-0.4, -0.2) is 37.4 Å². The first-order valence-electron chi connectivity index (χ1n) is 5.89. The van der Waals surface area contributed by atoms with Gasteiger partial charge in [0.15, 0.2) is 0 Å². The molecule has 0 fully saturated rings. The lowest BCUT2D eigenvalue weighted by Crippen LogP contribution is -2.43. The van der Waals surface area contributed by atoms with Gasteiger partial charge in [-0.3, -0.25) is 4.79 Å². The summed E-state index contributed by atoms with van der Waals surface area (Å²) in [4.78, 5) is 11.9. The van der Waals surface area contributed by atoms with Crippen LogP contribution in [0.5, 0.6) is 0 Å². The Hall–Kier alpha value is -1.43. The summed E-state index contributed by atoms with van der Waals surface area (Å²) < 4.78 is 4.98. The Morgan fingerprint density at radius 3 is 2.67 bits per heavy atom. The lowest BCUT2D eigenvalue weighted by molar-refractivity contribution is -0.123. The maximum atomic E-state index is 11.9. The summed E-state index contributed by atoms with van der Waals surface area (Å²) in [6.07, 6.45) is 0.446. The number of carbonyl (C=O) groups excluding carboxylic acids is 1. The molecule has 1 aromatic carbocycles. The van der Waals surface area contributed by atoms with Crippen molar-refractivity contribution in [1.82, 2.24) is 5.32 Å². The van der Waals surface area contributed by atoms with Gasteiger partial charge in [0.05, 0.1) is 12.6 Å². The van der Waals surface area contributed by atoms with Gasteiger partial charge in [-0.25, -0.2) is 0 Å². The molecule has 0 aromatic heterocycles. The van der Waals surface area contributed by atoms with Crippen LogP contribution in [0.15, 0.2) is 30.3 Å². The second-order valence-corrected chi connectivity index (χ2v) is 4.06. The van der Waals surface area contributed by atoms with E-state index in [-0.39, 0.29) is 18.6 Å². The van der Waals surface area contributed by atoms with E-state index in [1.807, 2.05) is 30.3 Å². The topological polar surface area (TPSA) is 84.6 Å².